The smallest absolute Gasteiger partial charge is 0.320 e. The van der Waals surface area contributed by atoms with Crippen LogP contribution in [-0.4, -0.2) is 34.5 Å². The van der Waals surface area contributed by atoms with Gasteiger partial charge in [0, 0.05) is 18.7 Å². The maximum atomic E-state index is 11.7. The van der Waals surface area contributed by atoms with Crippen molar-refractivity contribution in [3.05, 3.63) is 42.5 Å². The van der Waals surface area contributed by atoms with Gasteiger partial charge in [-0.05, 0) is 24.5 Å². The number of rotatable bonds is 6. The lowest BCUT2D eigenvalue weighted by molar-refractivity contribution is 0.243. The van der Waals surface area contributed by atoms with E-state index in [9.17, 15) is 4.79 Å². The Morgan fingerprint density at radius 2 is 1.95 bits per heavy atom. The van der Waals surface area contributed by atoms with Gasteiger partial charge in [0.2, 0.25) is 0 Å². The number of nitrogens with zero attached hydrogens (tertiary/aromatic N) is 2. The molecule has 0 radical (unpaired) electrons. The quantitative estimate of drug-likeness (QED) is 0.764. The molecule has 0 spiro atoms. The number of aliphatic hydroxyl groups excluding tert-OH is 1. The molecule has 1 atom stereocenters. The van der Waals surface area contributed by atoms with Crippen LogP contribution in [0.15, 0.2) is 42.5 Å². The molecule has 2 amide bonds. The number of hydrogen-bond acceptors (Lipinski definition) is 4. The second-order valence-electron chi connectivity index (χ2n) is 5.12. The van der Waals surface area contributed by atoms with Gasteiger partial charge in [-0.3, -0.25) is 5.32 Å². The molecule has 2 rings (SSSR count). The number of benzene rings is 1. The molecule has 6 heteroatoms. The Morgan fingerprint density at radius 1 is 1.18 bits per heavy atom. The van der Waals surface area contributed by atoms with Gasteiger partial charge in [0.05, 0.1) is 5.69 Å². The Labute approximate surface area is 129 Å². The molecule has 0 saturated carbocycles. The van der Waals surface area contributed by atoms with Crippen molar-refractivity contribution < 1.29 is 9.90 Å². The van der Waals surface area contributed by atoms with Crippen molar-refractivity contribution in [3.8, 4) is 11.3 Å². The standard InChI is InChI=1S/C16H20N4O2/c1-12(9-10-21)11-17-16(22)18-15-8-7-14(19-20-15)13-5-3-2-4-6-13/h2-8,12,21H,9-11H2,1H3,(H2,17,18,20,22). The summed E-state index contributed by atoms with van der Waals surface area (Å²) in [7, 11) is 0. The van der Waals surface area contributed by atoms with Gasteiger partial charge in [-0.25, -0.2) is 4.79 Å². The summed E-state index contributed by atoms with van der Waals surface area (Å²) in [5.41, 5.74) is 1.73. The number of amides is 2. The van der Waals surface area contributed by atoms with E-state index in [1.165, 1.54) is 0 Å². The minimum absolute atomic E-state index is 0.122. The van der Waals surface area contributed by atoms with E-state index in [-0.39, 0.29) is 18.6 Å². The second kappa shape index (κ2) is 8.09. The van der Waals surface area contributed by atoms with E-state index in [4.69, 9.17) is 5.11 Å². The van der Waals surface area contributed by atoms with E-state index in [0.29, 0.717) is 18.8 Å². The highest BCUT2D eigenvalue weighted by Crippen LogP contribution is 2.16. The average Bonchev–Trinajstić information content (AvgIpc) is 2.55. The monoisotopic (exact) mass is 300 g/mol. The van der Waals surface area contributed by atoms with Crippen molar-refractivity contribution in [2.24, 2.45) is 5.92 Å². The molecule has 0 saturated heterocycles. The molecule has 116 valence electrons. The molecule has 1 aromatic carbocycles. The fourth-order valence-electron chi connectivity index (χ4n) is 1.91. The molecule has 2 aromatic rings. The largest absolute Gasteiger partial charge is 0.396 e. The highest BCUT2D eigenvalue weighted by atomic mass is 16.3. The van der Waals surface area contributed by atoms with E-state index in [1.807, 2.05) is 43.3 Å². The van der Waals surface area contributed by atoms with Gasteiger partial charge in [-0.2, -0.15) is 0 Å². The Bertz CT molecular complexity index is 587. The molecule has 0 aliphatic carbocycles. The fourth-order valence-corrected chi connectivity index (χ4v) is 1.91. The van der Waals surface area contributed by atoms with Crippen LogP contribution in [0.5, 0.6) is 0 Å². The maximum Gasteiger partial charge on any atom is 0.320 e. The minimum atomic E-state index is -0.327. The molecule has 1 unspecified atom stereocenters. The number of urea groups is 1. The van der Waals surface area contributed by atoms with E-state index in [0.717, 1.165) is 11.3 Å². The third-order valence-electron chi connectivity index (χ3n) is 3.21. The third-order valence-corrected chi connectivity index (χ3v) is 3.21. The summed E-state index contributed by atoms with van der Waals surface area (Å²) in [6.07, 6.45) is 0.659. The van der Waals surface area contributed by atoms with Gasteiger partial charge in [-0.1, -0.05) is 37.3 Å². The topological polar surface area (TPSA) is 87.1 Å². The van der Waals surface area contributed by atoms with Crippen LogP contribution in [0, 0.1) is 5.92 Å². The Balaban J connectivity index is 1.87. The molecular weight excluding hydrogens is 280 g/mol. The van der Waals surface area contributed by atoms with Crippen LogP contribution in [0.25, 0.3) is 11.3 Å². The van der Waals surface area contributed by atoms with E-state index in [2.05, 4.69) is 20.8 Å². The van der Waals surface area contributed by atoms with E-state index >= 15 is 0 Å². The Morgan fingerprint density at radius 3 is 2.59 bits per heavy atom. The molecule has 22 heavy (non-hydrogen) atoms. The summed E-state index contributed by atoms with van der Waals surface area (Å²) >= 11 is 0. The molecule has 0 bridgehead atoms. The summed E-state index contributed by atoms with van der Waals surface area (Å²) < 4.78 is 0. The lowest BCUT2D eigenvalue weighted by Gasteiger charge is -2.11. The second-order valence-corrected chi connectivity index (χ2v) is 5.12. The molecule has 1 heterocycles. The van der Waals surface area contributed by atoms with Crippen LogP contribution in [-0.2, 0) is 0 Å². The van der Waals surface area contributed by atoms with Gasteiger partial charge in [0.15, 0.2) is 5.82 Å². The van der Waals surface area contributed by atoms with Gasteiger partial charge in [0.25, 0.3) is 0 Å². The van der Waals surface area contributed by atoms with Crippen LogP contribution in [0.1, 0.15) is 13.3 Å². The predicted octanol–water partition coefficient (Wildman–Crippen LogP) is 2.28. The van der Waals surface area contributed by atoms with Crippen LogP contribution in [0.3, 0.4) is 0 Å². The highest BCUT2D eigenvalue weighted by Gasteiger charge is 2.07. The molecule has 0 aliphatic heterocycles. The van der Waals surface area contributed by atoms with Gasteiger partial charge >= 0.3 is 6.03 Å². The predicted molar refractivity (Wildman–Crippen MR) is 85.4 cm³/mol. The number of hydrogen-bond donors (Lipinski definition) is 3. The first kappa shape index (κ1) is 15.9. The van der Waals surface area contributed by atoms with Crippen molar-refractivity contribution in [3.63, 3.8) is 0 Å². The first-order valence-corrected chi connectivity index (χ1v) is 7.24. The summed E-state index contributed by atoms with van der Waals surface area (Å²) in [5, 5.41) is 22.3. The number of aromatic nitrogens is 2. The zero-order chi connectivity index (χ0) is 15.8. The molecule has 6 nitrogen and oxygen atoms in total. The third kappa shape index (κ3) is 4.82. The van der Waals surface area contributed by atoms with Crippen LogP contribution >= 0.6 is 0 Å². The number of aliphatic hydroxyl groups is 1. The zero-order valence-electron chi connectivity index (χ0n) is 12.5. The van der Waals surface area contributed by atoms with Crippen LogP contribution < -0.4 is 10.6 Å². The van der Waals surface area contributed by atoms with Crippen molar-refractivity contribution in [2.75, 3.05) is 18.5 Å². The lowest BCUT2D eigenvalue weighted by Crippen LogP contribution is -2.32. The maximum absolute atomic E-state index is 11.7. The minimum Gasteiger partial charge on any atom is -0.396 e. The molecule has 0 fully saturated rings. The lowest BCUT2D eigenvalue weighted by atomic mass is 10.1. The van der Waals surface area contributed by atoms with Crippen molar-refractivity contribution in [1.82, 2.24) is 15.5 Å². The molecule has 1 aromatic heterocycles. The summed E-state index contributed by atoms with van der Waals surface area (Å²) in [4.78, 5) is 11.7. The highest BCUT2D eigenvalue weighted by molar-refractivity contribution is 5.88. The first-order valence-electron chi connectivity index (χ1n) is 7.24. The van der Waals surface area contributed by atoms with Gasteiger partial charge in [0.1, 0.15) is 0 Å². The number of nitrogens with one attached hydrogen (secondary N) is 2. The zero-order valence-corrected chi connectivity index (χ0v) is 12.5. The van der Waals surface area contributed by atoms with E-state index in [1.54, 1.807) is 6.07 Å². The van der Waals surface area contributed by atoms with Gasteiger partial charge in [-0.15, -0.1) is 10.2 Å². The Kier molecular flexibility index (Phi) is 5.85. The molecule has 3 N–H and O–H groups in total. The van der Waals surface area contributed by atoms with E-state index < -0.39 is 0 Å². The normalized spacial score (nSPS) is 11.7. The summed E-state index contributed by atoms with van der Waals surface area (Å²) in [5.74, 6) is 0.620. The SMILES string of the molecule is CC(CCO)CNC(=O)Nc1ccc(-c2ccccc2)nn1. The van der Waals surface area contributed by atoms with Crippen LogP contribution in [0.4, 0.5) is 10.6 Å². The van der Waals surface area contributed by atoms with Crippen LogP contribution in [0.2, 0.25) is 0 Å². The number of carbonyl (C=O) groups excluding carboxylic acids is 1. The van der Waals surface area contributed by atoms with Crippen molar-refractivity contribution in [1.29, 1.82) is 0 Å². The number of anilines is 1. The van der Waals surface area contributed by atoms with Crippen molar-refractivity contribution >= 4 is 11.8 Å². The summed E-state index contributed by atoms with van der Waals surface area (Å²) in [6.45, 7) is 2.59. The molecular formula is C16H20N4O2. The fraction of sp³-hybridized carbons (Fsp3) is 0.312. The average molecular weight is 300 g/mol. The van der Waals surface area contributed by atoms with Gasteiger partial charge < -0.3 is 10.4 Å². The molecule has 0 aliphatic rings. The van der Waals surface area contributed by atoms with Crippen molar-refractivity contribution in [2.45, 2.75) is 13.3 Å². The Hall–Kier alpha value is -2.47. The first-order chi connectivity index (χ1) is 10.7. The number of carbonyl (C=O) groups is 1. The summed E-state index contributed by atoms with van der Waals surface area (Å²) in [6, 6.07) is 12.9.